The molecule has 0 fully saturated rings. The molecule has 3 nitrogen and oxygen atoms in total. The molecule has 0 aliphatic rings. The van der Waals surface area contributed by atoms with Gasteiger partial charge in [-0.15, -0.1) is 0 Å². The quantitative estimate of drug-likeness (QED) is 0.635. The molecule has 0 radical (unpaired) electrons. The van der Waals surface area contributed by atoms with Gasteiger partial charge in [0.1, 0.15) is 17.7 Å². The number of nitriles is 2. The van der Waals surface area contributed by atoms with Gasteiger partial charge in [0.15, 0.2) is 0 Å². The number of fused-ring (bicyclic) bond motifs is 3. The Bertz CT molecular complexity index is 962. The van der Waals surface area contributed by atoms with Crippen LogP contribution < -0.4 is 0 Å². The normalized spacial score (nSPS) is 10.4. The fourth-order valence-electron chi connectivity index (χ4n) is 2.97. The molecular weight excluding hydrogens is 282 g/mol. The average molecular weight is 299 g/mol. The van der Waals surface area contributed by atoms with E-state index >= 15 is 0 Å². The monoisotopic (exact) mass is 299 g/mol. The Balaban J connectivity index is 2.24. The van der Waals surface area contributed by atoms with Crippen molar-refractivity contribution in [2.24, 2.45) is 0 Å². The van der Waals surface area contributed by atoms with E-state index in [-0.39, 0.29) is 5.57 Å². The van der Waals surface area contributed by atoms with Crippen LogP contribution in [-0.2, 0) is 6.54 Å². The number of allylic oxidation sites excluding steroid dienone is 1. The van der Waals surface area contributed by atoms with Gasteiger partial charge >= 0.3 is 0 Å². The van der Waals surface area contributed by atoms with Crippen molar-refractivity contribution in [2.45, 2.75) is 26.3 Å². The molecule has 0 saturated carbocycles. The SMILES string of the molecule is CCCCn1c2ccccc2c2cc(C=C(C#N)C#N)ccc21. The zero-order chi connectivity index (χ0) is 16.2. The number of unbranched alkanes of at least 4 members (excludes halogenated alkanes) is 1. The topological polar surface area (TPSA) is 52.5 Å². The van der Waals surface area contributed by atoms with Crippen molar-refractivity contribution in [2.75, 3.05) is 0 Å². The number of aryl methyl sites for hydroxylation is 1. The lowest BCUT2D eigenvalue weighted by atomic mass is 10.1. The molecule has 0 atom stereocenters. The van der Waals surface area contributed by atoms with Gasteiger partial charge in [0, 0.05) is 28.4 Å². The van der Waals surface area contributed by atoms with E-state index in [0.717, 1.165) is 24.9 Å². The van der Waals surface area contributed by atoms with E-state index in [2.05, 4.69) is 41.8 Å². The number of hydrogen-bond donors (Lipinski definition) is 0. The van der Waals surface area contributed by atoms with Crippen LogP contribution in [0.15, 0.2) is 48.0 Å². The first-order valence-electron chi connectivity index (χ1n) is 7.81. The molecule has 3 heteroatoms. The molecule has 0 saturated heterocycles. The molecular formula is C20H17N3. The van der Waals surface area contributed by atoms with E-state index in [1.807, 2.05) is 24.3 Å². The molecule has 3 aromatic rings. The highest BCUT2D eigenvalue weighted by Crippen LogP contribution is 2.30. The molecule has 0 spiro atoms. The summed E-state index contributed by atoms with van der Waals surface area (Å²) >= 11 is 0. The smallest absolute Gasteiger partial charge is 0.130 e. The lowest BCUT2D eigenvalue weighted by Gasteiger charge is -2.06. The summed E-state index contributed by atoms with van der Waals surface area (Å²) in [4.78, 5) is 0. The van der Waals surface area contributed by atoms with Gasteiger partial charge in [-0.3, -0.25) is 0 Å². The number of nitrogens with zero attached hydrogens (tertiary/aromatic N) is 3. The maximum absolute atomic E-state index is 8.93. The van der Waals surface area contributed by atoms with Crippen LogP contribution in [-0.4, -0.2) is 4.57 Å². The van der Waals surface area contributed by atoms with E-state index < -0.39 is 0 Å². The Kier molecular flexibility index (Phi) is 4.13. The lowest BCUT2D eigenvalue weighted by molar-refractivity contribution is 0.665. The number of aromatic nitrogens is 1. The summed E-state index contributed by atoms with van der Waals surface area (Å²) in [6.45, 7) is 3.19. The molecule has 2 aromatic carbocycles. The third kappa shape index (κ3) is 2.70. The molecule has 3 rings (SSSR count). The van der Waals surface area contributed by atoms with Gasteiger partial charge < -0.3 is 4.57 Å². The van der Waals surface area contributed by atoms with Gasteiger partial charge in [-0.05, 0) is 36.3 Å². The van der Waals surface area contributed by atoms with Gasteiger partial charge in [-0.2, -0.15) is 10.5 Å². The molecule has 0 bridgehead atoms. The van der Waals surface area contributed by atoms with Crippen LogP contribution in [0.5, 0.6) is 0 Å². The molecule has 112 valence electrons. The second kappa shape index (κ2) is 6.38. The van der Waals surface area contributed by atoms with Gasteiger partial charge in [0.2, 0.25) is 0 Å². The van der Waals surface area contributed by atoms with E-state index in [4.69, 9.17) is 10.5 Å². The first-order valence-corrected chi connectivity index (χ1v) is 7.81. The molecule has 0 aliphatic carbocycles. The lowest BCUT2D eigenvalue weighted by Crippen LogP contribution is -1.96. The maximum atomic E-state index is 8.93. The van der Waals surface area contributed by atoms with Crippen LogP contribution in [0.25, 0.3) is 27.9 Å². The number of para-hydroxylation sites is 1. The van der Waals surface area contributed by atoms with Crippen molar-refractivity contribution in [3.63, 3.8) is 0 Å². The fourth-order valence-corrected chi connectivity index (χ4v) is 2.97. The van der Waals surface area contributed by atoms with Crippen molar-refractivity contribution in [3.05, 3.63) is 53.6 Å². The van der Waals surface area contributed by atoms with Crippen molar-refractivity contribution in [1.82, 2.24) is 4.57 Å². The van der Waals surface area contributed by atoms with Gasteiger partial charge in [-0.25, -0.2) is 0 Å². The Morgan fingerprint density at radius 1 is 1.04 bits per heavy atom. The summed E-state index contributed by atoms with van der Waals surface area (Å²) in [6.07, 6.45) is 3.93. The molecule has 1 heterocycles. The van der Waals surface area contributed by atoms with Crippen molar-refractivity contribution >= 4 is 27.9 Å². The van der Waals surface area contributed by atoms with E-state index in [9.17, 15) is 0 Å². The first kappa shape index (κ1) is 14.9. The van der Waals surface area contributed by atoms with E-state index in [1.54, 1.807) is 6.08 Å². The van der Waals surface area contributed by atoms with Crippen molar-refractivity contribution < 1.29 is 0 Å². The molecule has 23 heavy (non-hydrogen) atoms. The largest absolute Gasteiger partial charge is 0.340 e. The molecule has 0 amide bonds. The predicted octanol–water partition coefficient (Wildman–Crippen LogP) is 5.03. The standard InChI is InChI=1S/C20H17N3/c1-2-3-10-23-19-7-5-4-6-17(19)18-12-15(8-9-20(18)23)11-16(13-21)14-22/h4-9,11-12H,2-3,10H2,1H3. The molecule has 0 aliphatic heterocycles. The Morgan fingerprint density at radius 2 is 1.78 bits per heavy atom. The van der Waals surface area contributed by atoms with Crippen LogP contribution in [0.2, 0.25) is 0 Å². The minimum absolute atomic E-state index is 0.124. The highest BCUT2D eigenvalue weighted by molar-refractivity contribution is 6.08. The first-order chi connectivity index (χ1) is 11.3. The van der Waals surface area contributed by atoms with Crippen LogP contribution >= 0.6 is 0 Å². The van der Waals surface area contributed by atoms with Crippen LogP contribution in [0.4, 0.5) is 0 Å². The molecule has 0 unspecified atom stereocenters. The fraction of sp³-hybridized carbons (Fsp3) is 0.200. The third-order valence-corrected chi connectivity index (χ3v) is 4.08. The van der Waals surface area contributed by atoms with Gasteiger partial charge in [-0.1, -0.05) is 37.6 Å². The van der Waals surface area contributed by atoms with E-state index in [1.165, 1.54) is 21.8 Å². The van der Waals surface area contributed by atoms with Gasteiger partial charge in [0.05, 0.1) is 0 Å². The maximum Gasteiger partial charge on any atom is 0.130 e. The summed E-state index contributed by atoms with van der Waals surface area (Å²) in [5.74, 6) is 0. The summed E-state index contributed by atoms with van der Waals surface area (Å²) < 4.78 is 2.36. The number of rotatable bonds is 4. The highest BCUT2D eigenvalue weighted by Gasteiger charge is 2.10. The van der Waals surface area contributed by atoms with Crippen LogP contribution in [0.1, 0.15) is 25.3 Å². The second-order valence-corrected chi connectivity index (χ2v) is 5.58. The Hall–Kier alpha value is -3.04. The third-order valence-electron chi connectivity index (χ3n) is 4.08. The van der Waals surface area contributed by atoms with Crippen LogP contribution in [0, 0.1) is 22.7 Å². The second-order valence-electron chi connectivity index (χ2n) is 5.58. The van der Waals surface area contributed by atoms with E-state index in [0.29, 0.717) is 0 Å². The minimum atomic E-state index is 0.124. The predicted molar refractivity (Wildman–Crippen MR) is 93.6 cm³/mol. The minimum Gasteiger partial charge on any atom is -0.340 e. The number of benzene rings is 2. The van der Waals surface area contributed by atoms with Crippen molar-refractivity contribution in [1.29, 1.82) is 10.5 Å². The molecule has 0 N–H and O–H groups in total. The summed E-state index contributed by atoms with van der Waals surface area (Å²) in [5, 5.41) is 20.2. The molecule has 1 aromatic heterocycles. The van der Waals surface area contributed by atoms with Crippen molar-refractivity contribution in [3.8, 4) is 12.1 Å². The summed E-state index contributed by atoms with van der Waals surface area (Å²) in [6, 6.07) is 18.3. The van der Waals surface area contributed by atoms with Crippen LogP contribution in [0.3, 0.4) is 0 Å². The summed E-state index contributed by atoms with van der Waals surface area (Å²) in [5.41, 5.74) is 3.44. The average Bonchev–Trinajstić information content (AvgIpc) is 2.91. The Labute approximate surface area is 135 Å². The zero-order valence-corrected chi connectivity index (χ0v) is 13.1. The number of hydrogen-bond acceptors (Lipinski definition) is 2. The summed E-state index contributed by atoms with van der Waals surface area (Å²) in [7, 11) is 0. The van der Waals surface area contributed by atoms with Gasteiger partial charge in [0.25, 0.3) is 0 Å². The zero-order valence-electron chi connectivity index (χ0n) is 13.1. The Morgan fingerprint density at radius 3 is 2.52 bits per heavy atom. The highest BCUT2D eigenvalue weighted by atomic mass is 15.0.